The Balaban J connectivity index is 1.88. The summed E-state index contributed by atoms with van der Waals surface area (Å²) in [6, 6.07) is 16.1. The first-order valence-electron chi connectivity index (χ1n) is 7.82. The lowest BCUT2D eigenvalue weighted by atomic mass is 10.1. The van der Waals surface area contributed by atoms with Crippen LogP contribution in [0, 0.1) is 6.92 Å². The van der Waals surface area contributed by atoms with Crippen molar-refractivity contribution in [1.82, 2.24) is 5.43 Å². The summed E-state index contributed by atoms with van der Waals surface area (Å²) in [5.74, 6) is -0.169. The molecule has 2 rings (SSSR count). The smallest absolute Gasteiger partial charge is 0.259 e. The van der Waals surface area contributed by atoms with Gasteiger partial charge in [-0.25, -0.2) is 5.43 Å². The van der Waals surface area contributed by atoms with Crippen molar-refractivity contribution in [3.05, 3.63) is 65.2 Å². The van der Waals surface area contributed by atoms with Crippen molar-refractivity contribution in [2.75, 3.05) is 11.9 Å². The molecule has 0 aliphatic heterocycles. The summed E-state index contributed by atoms with van der Waals surface area (Å²) in [7, 11) is 0. The summed E-state index contributed by atoms with van der Waals surface area (Å²) in [6.45, 7) is 6.20. The number of aryl methyl sites for hydroxylation is 2. The Kier molecular flexibility index (Phi) is 5.92. The average molecular weight is 309 g/mol. The Hall–Kier alpha value is -2.62. The minimum Gasteiger partial charge on any atom is -0.376 e. The Morgan fingerprint density at radius 1 is 1.09 bits per heavy atom. The van der Waals surface area contributed by atoms with Crippen molar-refractivity contribution in [2.24, 2.45) is 5.10 Å². The van der Waals surface area contributed by atoms with Crippen molar-refractivity contribution in [1.29, 1.82) is 0 Å². The van der Waals surface area contributed by atoms with Gasteiger partial charge in [0.25, 0.3) is 5.91 Å². The molecule has 2 N–H and O–H groups in total. The van der Waals surface area contributed by atoms with Gasteiger partial charge in [-0.15, -0.1) is 0 Å². The molecule has 0 radical (unpaired) electrons. The van der Waals surface area contributed by atoms with E-state index in [1.165, 1.54) is 5.56 Å². The highest BCUT2D eigenvalue weighted by molar-refractivity contribution is 5.99. The maximum absolute atomic E-state index is 11.9. The highest BCUT2D eigenvalue weighted by atomic mass is 16.2. The molecule has 120 valence electrons. The maximum atomic E-state index is 11.9. The van der Waals surface area contributed by atoms with Gasteiger partial charge in [-0.1, -0.05) is 49.4 Å². The fourth-order valence-corrected chi connectivity index (χ4v) is 2.18. The van der Waals surface area contributed by atoms with Crippen LogP contribution in [0.4, 0.5) is 5.69 Å². The van der Waals surface area contributed by atoms with E-state index in [-0.39, 0.29) is 12.5 Å². The molecule has 23 heavy (non-hydrogen) atoms. The van der Waals surface area contributed by atoms with Crippen LogP contribution in [0.2, 0.25) is 0 Å². The number of carbonyl (C=O) groups excluding carboxylic acids is 1. The lowest BCUT2D eigenvalue weighted by Crippen LogP contribution is -2.27. The normalized spacial score (nSPS) is 11.2. The molecule has 2 aromatic carbocycles. The molecule has 0 heterocycles. The number of hydrazone groups is 1. The van der Waals surface area contributed by atoms with Gasteiger partial charge in [0.1, 0.15) is 0 Å². The monoisotopic (exact) mass is 309 g/mol. The molecule has 0 aromatic heterocycles. The zero-order valence-electron chi connectivity index (χ0n) is 13.9. The number of amides is 1. The highest BCUT2D eigenvalue weighted by Gasteiger charge is 2.03. The van der Waals surface area contributed by atoms with E-state index in [2.05, 4.69) is 34.9 Å². The fraction of sp³-hybridized carbons (Fsp3) is 0.263. The van der Waals surface area contributed by atoms with Gasteiger partial charge in [-0.2, -0.15) is 5.10 Å². The van der Waals surface area contributed by atoms with E-state index in [1.54, 1.807) is 0 Å². The van der Waals surface area contributed by atoms with Crippen LogP contribution in [0.5, 0.6) is 0 Å². The van der Waals surface area contributed by atoms with E-state index in [9.17, 15) is 4.79 Å². The molecule has 0 bridgehead atoms. The van der Waals surface area contributed by atoms with Crippen LogP contribution in [-0.4, -0.2) is 18.2 Å². The molecule has 0 fully saturated rings. The van der Waals surface area contributed by atoms with Gasteiger partial charge in [-0.3, -0.25) is 4.79 Å². The molecule has 2 aromatic rings. The third-order valence-electron chi connectivity index (χ3n) is 3.71. The highest BCUT2D eigenvalue weighted by Crippen LogP contribution is 2.12. The third kappa shape index (κ3) is 4.95. The van der Waals surface area contributed by atoms with Gasteiger partial charge in [0, 0.05) is 5.69 Å². The number of carbonyl (C=O) groups is 1. The van der Waals surface area contributed by atoms with Crippen molar-refractivity contribution < 1.29 is 4.79 Å². The number of para-hydroxylation sites is 1. The van der Waals surface area contributed by atoms with Crippen LogP contribution >= 0.6 is 0 Å². The molecule has 4 nitrogen and oxygen atoms in total. The Morgan fingerprint density at radius 3 is 2.43 bits per heavy atom. The second kappa shape index (κ2) is 8.13. The number of nitrogens with one attached hydrogen (secondary N) is 2. The summed E-state index contributed by atoms with van der Waals surface area (Å²) in [5, 5.41) is 7.27. The van der Waals surface area contributed by atoms with E-state index >= 15 is 0 Å². The molecule has 0 saturated carbocycles. The third-order valence-corrected chi connectivity index (χ3v) is 3.71. The predicted octanol–water partition coefficient (Wildman–Crippen LogP) is 3.51. The zero-order valence-corrected chi connectivity index (χ0v) is 13.9. The van der Waals surface area contributed by atoms with Crippen LogP contribution < -0.4 is 10.7 Å². The van der Waals surface area contributed by atoms with Gasteiger partial charge in [0.15, 0.2) is 0 Å². The number of nitrogens with zero attached hydrogens (tertiary/aromatic N) is 1. The van der Waals surface area contributed by atoms with E-state index in [0.29, 0.717) is 0 Å². The average Bonchev–Trinajstić information content (AvgIpc) is 2.59. The van der Waals surface area contributed by atoms with E-state index in [0.717, 1.165) is 28.9 Å². The summed E-state index contributed by atoms with van der Waals surface area (Å²) < 4.78 is 0. The van der Waals surface area contributed by atoms with Crippen LogP contribution in [-0.2, 0) is 11.2 Å². The molecule has 0 aliphatic rings. The second-order valence-corrected chi connectivity index (χ2v) is 5.45. The Morgan fingerprint density at radius 2 is 1.78 bits per heavy atom. The first-order chi connectivity index (χ1) is 11.1. The van der Waals surface area contributed by atoms with E-state index in [1.807, 2.05) is 50.2 Å². The van der Waals surface area contributed by atoms with E-state index in [4.69, 9.17) is 0 Å². The summed E-state index contributed by atoms with van der Waals surface area (Å²) in [6.07, 6.45) is 1.01. The number of benzene rings is 2. The first kappa shape index (κ1) is 16.7. The minimum absolute atomic E-state index is 0.169. The molecule has 4 heteroatoms. The van der Waals surface area contributed by atoms with Gasteiger partial charge < -0.3 is 5.32 Å². The largest absolute Gasteiger partial charge is 0.376 e. The van der Waals surface area contributed by atoms with Crippen LogP contribution in [0.1, 0.15) is 30.5 Å². The SMILES string of the molecule is CCc1ccc(/C(C)=N/NC(=O)CNc2ccccc2C)cc1. The maximum Gasteiger partial charge on any atom is 0.259 e. The van der Waals surface area contributed by atoms with Gasteiger partial charge >= 0.3 is 0 Å². The van der Waals surface area contributed by atoms with E-state index < -0.39 is 0 Å². The van der Waals surface area contributed by atoms with Crippen molar-refractivity contribution in [3.63, 3.8) is 0 Å². The summed E-state index contributed by atoms with van der Waals surface area (Å²) >= 11 is 0. The molecular weight excluding hydrogens is 286 g/mol. The lowest BCUT2D eigenvalue weighted by molar-refractivity contribution is -0.119. The molecule has 0 unspecified atom stereocenters. The fourth-order valence-electron chi connectivity index (χ4n) is 2.18. The first-order valence-corrected chi connectivity index (χ1v) is 7.82. The van der Waals surface area contributed by atoms with Crippen LogP contribution in [0.25, 0.3) is 0 Å². The number of hydrogen-bond donors (Lipinski definition) is 2. The zero-order chi connectivity index (χ0) is 16.7. The molecule has 0 saturated heterocycles. The van der Waals surface area contributed by atoms with Gasteiger partial charge in [0.2, 0.25) is 0 Å². The lowest BCUT2D eigenvalue weighted by Gasteiger charge is -2.08. The number of hydrogen-bond acceptors (Lipinski definition) is 3. The van der Waals surface area contributed by atoms with Crippen molar-refractivity contribution in [2.45, 2.75) is 27.2 Å². The molecular formula is C19H23N3O. The number of anilines is 1. The van der Waals surface area contributed by atoms with Gasteiger partial charge in [0.05, 0.1) is 12.3 Å². The second-order valence-electron chi connectivity index (χ2n) is 5.45. The van der Waals surface area contributed by atoms with Gasteiger partial charge in [-0.05, 0) is 43.0 Å². The predicted molar refractivity (Wildman–Crippen MR) is 95.8 cm³/mol. The van der Waals surface area contributed by atoms with Crippen molar-refractivity contribution in [3.8, 4) is 0 Å². The topological polar surface area (TPSA) is 53.5 Å². The summed E-state index contributed by atoms with van der Waals surface area (Å²) in [4.78, 5) is 11.9. The molecule has 0 aliphatic carbocycles. The Labute approximate surface area is 137 Å². The minimum atomic E-state index is -0.169. The standard InChI is InChI=1S/C19H23N3O/c1-4-16-9-11-17(12-10-16)15(3)21-22-19(23)13-20-18-8-6-5-7-14(18)2/h5-12,20H,4,13H2,1-3H3,(H,22,23)/b21-15+. The summed E-state index contributed by atoms with van der Waals surface area (Å²) in [5.41, 5.74) is 7.73. The molecule has 1 amide bonds. The van der Waals surface area contributed by atoms with Crippen LogP contribution in [0.3, 0.4) is 0 Å². The number of rotatable bonds is 6. The van der Waals surface area contributed by atoms with Crippen LogP contribution in [0.15, 0.2) is 53.6 Å². The Bertz CT molecular complexity index is 690. The quantitative estimate of drug-likeness (QED) is 0.634. The molecule has 0 atom stereocenters. The van der Waals surface area contributed by atoms with Crippen molar-refractivity contribution >= 4 is 17.3 Å². The molecule has 0 spiro atoms.